The van der Waals surface area contributed by atoms with Crippen molar-refractivity contribution < 1.29 is 0 Å². The van der Waals surface area contributed by atoms with Crippen molar-refractivity contribution >= 4 is 54.7 Å². The summed E-state index contributed by atoms with van der Waals surface area (Å²) < 4.78 is 4.13. The van der Waals surface area contributed by atoms with Gasteiger partial charge in [0.25, 0.3) is 0 Å². The molecule has 0 aliphatic heterocycles. The number of fused-ring (bicyclic) bond motifs is 1. The highest BCUT2D eigenvalue weighted by Crippen LogP contribution is 2.34. The van der Waals surface area contributed by atoms with Crippen LogP contribution in [-0.2, 0) is 6.42 Å². The summed E-state index contributed by atoms with van der Waals surface area (Å²) in [7, 11) is 0. The van der Waals surface area contributed by atoms with E-state index >= 15 is 0 Å². The van der Waals surface area contributed by atoms with E-state index < -0.39 is 0 Å². The standard InChI is InChI=1S/C17H18INS2/c1-2-8-19-14(10-12-3-5-13(18)6-4-12)16-11-17-15(21-16)7-9-20-17/h3-7,9,11,14,19H,2,8,10H2,1H3. The summed E-state index contributed by atoms with van der Waals surface area (Å²) in [5.41, 5.74) is 1.40. The Morgan fingerprint density at radius 3 is 2.67 bits per heavy atom. The molecule has 1 N–H and O–H groups in total. The number of nitrogens with one attached hydrogen (secondary N) is 1. The zero-order chi connectivity index (χ0) is 14.7. The van der Waals surface area contributed by atoms with Gasteiger partial charge in [0.15, 0.2) is 0 Å². The smallest absolute Gasteiger partial charge is 0.0456 e. The van der Waals surface area contributed by atoms with Gasteiger partial charge in [-0.3, -0.25) is 0 Å². The van der Waals surface area contributed by atoms with Crippen molar-refractivity contribution in [3.05, 3.63) is 55.8 Å². The summed E-state index contributed by atoms with van der Waals surface area (Å²) in [5.74, 6) is 0. The van der Waals surface area contributed by atoms with Gasteiger partial charge in [-0.05, 0) is 77.2 Å². The first-order valence-electron chi connectivity index (χ1n) is 7.21. The molecule has 0 amide bonds. The van der Waals surface area contributed by atoms with E-state index in [1.807, 2.05) is 22.7 Å². The van der Waals surface area contributed by atoms with Gasteiger partial charge in [0.05, 0.1) is 0 Å². The molecule has 0 saturated carbocycles. The molecule has 2 heterocycles. The van der Waals surface area contributed by atoms with Gasteiger partial charge in [-0.15, -0.1) is 22.7 Å². The second-order valence-electron chi connectivity index (χ2n) is 5.14. The molecule has 0 aliphatic rings. The molecule has 4 heteroatoms. The summed E-state index contributed by atoms with van der Waals surface area (Å²) in [6.45, 7) is 3.29. The highest BCUT2D eigenvalue weighted by molar-refractivity contribution is 14.1. The van der Waals surface area contributed by atoms with Gasteiger partial charge in [0, 0.05) is 23.9 Å². The van der Waals surface area contributed by atoms with Crippen molar-refractivity contribution in [1.82, 2.24) is 5.32 Å². The molecule has 0 aliphatic carbocycles. The Kier molecular flexibility index (Phi) is 5.32. The van der Waals surface area contributed by atoms with Crippen LogP contribution in [0.3, 0.4) is 0 Å². The largest absolute Gasteiger partial charge is 0.309 e. The Balaban J connectivity index is 1.82. The minimum absolute atomic E-state index is 0.426. The third-order valence-electron chi connectivity index (χ3n) is 3.50. The first kappa shape index (κ1) is 15.5. The number of halogens is 1. The van der Waals surface area contributed by atoms with Gasteiger partial charge in [-0.1, -0.05) is 19.1 Å². The number of hydrogen-bond donors (Lipinski definition) is 1. The maximum absolute atomic E-state index is 3.71. The molecule has 21 heavy (non-hydrogen) atoms. The van der Waals surface area contributed by atoms with Crippen molar-refractivity contribution in [1.29, 1.82) is 0 Å². The SMILES string of the molecule is CCCNC(Cc1ccc(I)cc1)c1cc2sccc2s1. The lowest BCUT2D eigenvalue weighted by molar-refractivity contribution is 0.537. The molecule has 1 nitrogen and oxygen atoms in total. The van der Waals surface area contributed by atoms with Crippen LogP contribution in [0.5, 0.6) is 0 Å². The van der Waals surface area contributed by atoms with E-state index in [2.05, 4.69) is 76.6 Å². The zero-order valence-electron chi connectivity index (χ0n) is 11.9. The lowest BCUT2D eigenvalue weighted by Gasteiger charge is -2.17. The van der Waals surface area contributed by atoms with Gasteiger partial charge >= 0.3 is 0 Å². The molecule has 2 aromatic heterocycles. The highest BCUT2D eigenvalue weighted by atomic mass is 127. The fraction of sp³-hybridized carbons (Fsp3) is 0.294. The minimum Gasteiger partial charge on any atom is -0.309 e. The Morgan fingerprint density at radius 1 is 1.14 bits per heavy atom. The van der Waals surface area contributed by atoms with Crippen LogP contribution in [0.4, 0.5) is 0 Å². The van der Waals surface area contributed by atoms with Crippen molar-refractivity contribution in [3.63, 3.8) is 0 Å². The predicted octanol–water partition coefficient (Wildman–Crippen LogP) is 5.85. The van der Waals surface area contributed by atoms with E-state index in [0.717, 1.165) is 13.0 Å². The van der Waals surface area contributed by atoms with Crippen LogP contribution < -0.4 is 5.32 Å². The maximum Gasteiger partial charge on any atom is 0.0456 e. The van der Waals surface area contributed by atoms with Gasteiger partial charge in [0.2, 0.25) is 0 Å². The first-order chi connectivity index (χ1) is 10.3. The quantitative estimate of drug-likeness (QED) is 0.487. The van der Waals surface area contributed by atoms with E-state index in [1.54, 1.807) is 0 Å². The third-order valence-corrected chi connectivity index (χ3v) is 6.42. The molecule has 1 atom stereocenters. The topological polar surface area (TPSA) is 12.0 Å². The summed E-state index contributed by atoms with van der Waals surface area (Å²) in [6.07, 6.45) is 2.23. The molecule has 1 aromatic carbocycles. The number of thiophene rings is 2. The molecule has 0 saturated heterocycles. The maximum atomic E-state index is 3.71. The molecule has 0 fully saturated rings. The van der Waals surface area contributed by atoms with Crippen molar-refractivity contribution in [2.24, 2.45) is 0 Å². The average molecular weight is 427 g/mol. The highest BCUT2D eigenvalue weighted by Gasteiger charge is 2.15. The summed E-state index contributed by atoms with van der Waals surface area (Å²) in [4.78, 5) is 1.46. The number of benzene rings is 1. The van der Waals surface area contributed by atoms with Gasteiger partial charge < -0.3 is 5.32 Å². The average Bonchev–Trinajstić information content (AvgIpc) is 3.06. The Hall–Kier alpha value is -0.430. The molecular formula is C17H18INS2. The molecule has 1 unspecified atom stereocenters. The molecule has 0 spiro atoms. The van der Waals surface area contributed by atoms with E-state index in [0.29, 0.717) is 6.04 Å². The van der Waals surface area contributed by atoms with Gasteiger partial charge in [-0.2, -0.15) is 0 Å². The summed E-state index contributed by atoms with van der Waals surface area (Å²) in [6, 6.07) is 13.9. The summed E-state index contributed by atoms with van der Waals surface area (Å²) >= 11 is 6.13. The van der Waals surface area contributed by atoms with Crippen molar-refractivity contribution in [2.75, 3.05) is 6.54 Å². The van der Waals surface area contributed by atoms with Crippen LogP contribution in [0.1, 0.15) is 29.8 Å². The molecular weight excluding hydrogens is 409 g/mol. The molecule has 0 bridgehead atoms. The fourth-order valence-electron chi connectivity index (χ4n) is 2.40. The van der Waals surface area contributed by atoms with Crippen molar-refractivity contribution in [2.45, 2.75) is 25.8 Å². The molecule has 110 valence electrons. The third kappa shape index (κ3) is 3.86. The van der Waals surface area contributed by atoms with Gasteiger partial charge in [0.1, 0.15) is 0 Å². The van der Waals surface area contributed by atoms with Crippen LogP contribution in [0.15, 0.2) is 41.8 Å². The van der Waals surface area contributed by atoms with Gasteiger partial charge in [-0.25, -0.2) is 0 Å². The second-order valence-corrected chi connectivity index (χ2v) is 8.44. The van der Waals surface area contributed by atoms with E-state index in [1.165, 1.54) is 29.8 Å². The lowest BCUT2D eigenvalue weighted by Crippen LogP contribution is -2.23. The Bertz CT molecular complexity index is 670. The zero-order valence-corrected chi connectivity index (χ0v) is 15.7. The minimum atomic E-state index is 0.426. The van der Waals surface area contributed by atoms with E-state index in [4.69, 9.17) is 0 Å². The fourth-order valence-corrected chi connectivity index (χ4v) is 4.96. The monoisotopic (exact) mass is 427 g/mol. The number of rotatable bonds is 6. The van der Waals surface area contributed by atoms with Crippen LogP contribution in [0, 0.1) is 3.57 Å². The lowest BCUT2D eigenvalue weighted by atomic mass is 10.0. The predicted molar refractivity (Wildman–Crippen MR) is 104 cm³/mol. The van der Waals surface area contributed by atoms with Crippen molar-refractivity contribution in [3.8, 4) is 0 Å². The Morgan fingerprint density at radius 2 is 1.95 bits per heavy atom. The van der Waals surface area contributed by atoms with Crippen LogP contribution in [0.25, 0.3) is 9.40 Å². The Labute approximate surface area is 147 Å². The van der Waals surface area contributed by atoms with E-state index in [9.17, 15) is 0 Å². The molecule has 3 aromatic rings. The van der Waals surface area contributed by atoms with E-state index in [-0.39, 0.29) is 0 Å². The number of hydrogen-bond acceptors (Lipinski definition) is 3. The molecule has 3 rings (SSSR count). The second kappa shape index (κ2) is 7.22. The van der Waals surface area contributed by atoms with Crippen LogP contribution in [0.2, 0.25) is 0 Å². The summed E-state index contributed by atoms with van der Waals surface area (Å²) in [5, 5.41) is 5.89. The first-order valence-corrected chi connectivity index (χ1v) is 9.98. The van der Waals surface area contributed by atoms with Crippen LogP contribution >= 0.6 is 45.3 Å². The normalized spacial score (nSPS) is 12.9. The van der Waals surface area contributed by atoms with Crippen LogP contribution in [-0.4, -0.2) is 6.54 Å². The molecule has 0 radical (unpaired) electrons.